The maximum Gasteiger partial charge on any atom is 0.227 e. The lowest BCUT2D eigenvalue weighted by Crippen LogP contribution is -2.36. The smallest absolute Gasteiger partial charge is 0.227 e. The molecule has 2 aromatic rings. The van der Waals surface area contributed by atoms with Gasteiger partial charge in [0, 0.05) is 18.7 Å². The minimum atomic E-state index is -0.00880. The number of phenolic OH excluding ortho intramolecular Hbond substituents is 2. The van der Waals surface area contributed by atoms with Gasteiger partial charge in [-0.2, -0.15) is 0 Å². The van der Waals surface area contributed by atoms with Gasteiger partial charge in [0.1, 0.15) is 11.5 Å². The molecule has 1 aliphatic heterocycles. The number of carbonyl (C=O) groups excluding carboxylic acids is 1. The van der Waals surface area contributed by atoms with Crippen LogP contribution in [0.15, 0.2) is 42.5 Å². The van der Waals surface area contributed by atoms with E-state index in [2.05, 4.69) is 0 Å². The average Bonchev–Trinajstić information content (AvgIpc) is 2.48. The zero-order valence-electron chi connectivity index (χ0n) is 11.6. The number of amides is 1. The monoisotopic (exact) mass is 283 g/mol. The number of para-hydroxylation sites is 1. The third-order valence-electron chi connectivity index (χ3n) is 3.89. The number of phenols is 2. The molecule has 1 aliphatic rings. The fourth-order valence-electron chi connectivity index (χ4n) is 2.69. The van der Waals surface area contributed by atoms with Crippen LogP contribution in [0.4, 0.5) is 0 Å². The lowest BCUT2D eigenvalue weighted by Gasteiger charge is -2.29. The highest BCUT2D eigenvalue weighted by Crippen LogP contribution is 2.24. The molecule has 0 aliphatic carbocycles. The number of hydrogen-bond acceptors (Lipinski definition) is 3. The van der Waals surface area contributed by atoms with Crippen LogP contribution in [-0.2, 0) is 24.2 Å². The van der Waals surface area contributed by atoms with Crippen molar-refractivity contribution in [1.82, 2.24) is 4.90 Å². The van der Waals surface area contributed by atoms with Gasteiger partial charge in [0.25, 0.3) is 0 Å². The van der Waals surface area contributed by atoms with Crippen molar-refractivity contribution in [3.8, 4) is 11.5 Å². The van der Waals surface area contributed by atoms with Crippen molar-refractivity contribution in [2.24, 2.45) is 0 Å². The maximum atomic E-state index is 12.4. The Morgan fingerprint density at radius 3 is 2.71 bits per heavy atom. The van der Waals surface area contributed by atoms with Crippen molar-refractivity contribution in [2.75, 3.05) is 6.54 Å². The number of fused-ring (bicyclic) bond motifs is 1. The Bertz CT molecular complexity index is 681. The van der Waals surface area contributed by atoms with Gasteiger partial charge >= 0.3 is 0 Å². The molecule has 0 aromatic heterocycles. The number of benzene rings is 2. The number of hydrogen-bond donors (Lipinski definition) is 2. The van der Waals surface area contributed by atoms with Crippen LogP contribution < -0.4 is 0 Å². The summed E-state index contributed by atoms with van der Waals surface area (Å²) in [6.07, 6.45) is 0.989. The first-order valence-corrected chi connectivity index (χ1v) is 6.99. The van der Waals surface area contributed by atoms with Gasteiger partial charge in [-0.3, -0.25) is 4.79 Å². The first kappa shape index (κ1) is 13.5. The minimum Gasteiger partial charge on any atom is -0.508 e. The zero-order chi connectivity index (χ0) is 14.8. The maximum absolute atomic E-state index is 12.4. The van der Waals surface area contributed by atoms with Crippen LogP contribution in [0.2, 0.25) is 0 Å². The van der Waals surface area contributed by atoms with Crippen LogP contribution >= 0.6 is 0 Å². The highest BCUT2D eigenvalue weighted by atomic mass is 16.3. The Morgan fingerprint density at radius 1 is 1.10 bits per heavy atom. The molecule has 4 nitrogen and oxygen atoms in total. The van der Waals surface area contributed by atoms with E-state index in [1.165, 1.54) is 5.56 Å². The summed E-state index contributed by atoms with van der Waals surface area (Å²) < 4.78 is 0. The molecule has 108 valence electrons. The van der Waals surface area contributed by atoms with Gasteiger partial charge in [0.05, 0.1) is 6.42 Å². The Morgan fingerprint density at radius 2 is 1.90 bits per heavy atom. The Hall–Kier alpha value is -2.49. The molecule has 0 bridgehead atoms. The summed E-state index contributed by atoms with van der Waals surface area (Å²) in [5.74, 6) is 0.371. The van der Waals surface area contributed by atoms with Crippen LogP contribution in [0.5, 0.6) is 11.5 Å². The van der Waals surface area contributed by atoms with Gasteiger partial charge in [0.15, 0.2) is 0 Å². The second-order valence-electron chi connectivity index (χ2n) is 5.32. The number of rotatable bonds is 2. The van der Waals surface area contributed by atoms with Crippen LogP contribution in [0, 0.1) is 0 Å². The third-order valence-corrected chi connectivity index (χ3v) is 3.89. The van der Waals surface area contributed by atoms with Crippen molar-refractivity contribution in [1.29, 1.82) is 0 Å². The minimum absolute atomic E-state index is 0.00880. The molecule has 0 spiro atoms. The molecule has 21 heavy (non-hydrogen) atoms. The van der Waals surface area contributed by atoms with E-state index < -0.39 is 0 Å². The van der Waals surface area contributed by atoms with Crippen LogP contribution in [-0.4, -0.2) is 27.6 Å². The SMILES string of the molecule is O=C(Cc1ccccc1O)N1CCc2ccc(O)cc2C1. The lowest BCUT2D eigenvalue weighted by atomic mass is 9.99. The van der Waals surface area contributed by atoms with Gasteiger partial charge < -0.3 is 15.1 Å². The molecule has 2 aromatic carbocycles. The first-order chi connectivity index (χ1) is 10.1. The number of nitrogens with zero attached hydrogens (tertiary/aromatic N) is 1. The molecule has 2 N–H and O–H groups in total. The lowest BCUT2D eigenvalue weighted by molar-refractivity contribution is -0.131. The van der Waals surface area contributed by atoms with Crippen LogP contribution in [0.1, 0.15) is 16.7 Å². The van der Waals surface area contributed by atoms with Crippen molar-refractivity contribution in [3.63, 3.8) is 0 Å². The van der Waals surface area contributed by atoms with Crippen molar-refractivity contribution >= 4 is 5.91 Å². The van der Waals surface area contributed by atoms with Gasteiger partial charge in [-0.15, -0.1) is 0 Å². The quantitative estimate of drug-likeness (QED) is 0.888. The van der Waals surface area contributed by atoms with Gasteiger partial charge in [0.2, 0.25) is 5.91 Å². The molecule has 0 saturated carbocycles. The molecule has 0 atom stereocenters. The fraction of sp³-hybridized carbons (Fsp3) is 0.235. The van der Waals surface area contributed by atoms with Crippen LogP contribution in [0.25, 0.3) is 0 Å². The zero-order valence-corrected chi connectivity index (χ0v) is 11.6. The Balaban J connectivity index is 1.74. The standard InChI is InChI=1S/C17H17NO3/c19-15-6-5-12-7-8-18(11-14(12)9-15)17(21)10-13-3-1-2-4-16(13)20/h1-6,9,19-20H,7-8,10-11H2. The van der Waals surface area contributed by atoms with E-state index in [9.17, 15) is 15.0 Å². The van der Waals surface area contributed by atoms with E-state index in [0.29, 0.717) is 18.7 Å². The second kappa shape index (κ2) is 5.48. The summed E-state index contributed by atoms with van der Waals surface area (Å²) in [5.41, 5.74) is 2.82. The predicted molar refractivity (Wildman–Crippen MR) is 79.0 cm³/mol. The summed E-state index contributed by atoms with van der Waals surface area (Å²) in [6.45, 7) is 1.18. The molecule has 0 fully saturated rings. The van der Waals surface area contributed by atoms with E-state index >= 15 is 0 Å². The molecular formula is C17H17NO3. The Labute approximate surface area is 123 Å². The molecule has 3 rings (SSSR count). The molecule has 1 amide bonds. The number of carbonyl (C=O) groups is 1. The Kier molecular flexibility index (Phi) is 3.52. The molecule has 0 radical (unpaired) electrons. The highest BCUT2D eigenvalue weighted by molar-refractivity contribution is 5.79. The van der Waals surface area contributed by atoms with Crippen LogP contribution in [0.3, 0.4) is 0 Å². The van der Waals surface area contributed by atoms with Crippen molar-refractivity contribution in [3.05, 3.63) is 59.2 Å². The van der Waals surface area contributed by atoms with Gasteiger partial charge in [-0.25, -0.2) is 0 Å². The van der Waals surface area contributed by atoms with E-state index in [1.807, 2.05) is 12.1 Å². The number of aromatic hydroxyl groups is 2. The van der Waals surface area contributed by atoms with Crippen molar-refractivity contribution < 1.29 is 15.0 Å². The molecular weight excluding hydrogens is 266 g/mol. The van der Waals surface area contributed by atoms with E-state index in [0.717, 1.165) is 12.0 Å². The predicted octanol–water partition coefficient (Wildman–Crippen LogP) is 2.23. The topological polar surface area (TPSA) is 60.8 Å². The molecule has 0 saturated heterocycles. The van der Waals surface area contributed by atoms with Crippen molar-refractivity contribution in [2.45, 2.75) is 19.4 Å². The summed E-state index contributed by atoms with van der Waals surface area (Å²) in [6, 6.07) is 12.2. The molecule has 0 unspecified atom stereocenters. The second-order valence-corrected chi connectivity index (χ2v) is 5.32. The molecule has 1 heterocycles. The normalized spacial score (nSPS) is 13.8. The van der Waals surface area contributed by atoms with Gasteiger partial charge in [-0.1, -0.05) is 24.3 Å². The summed E-state index contributed by atoms with van der Waals surface area (Å²) in [7, 11) is 0. The first-order valence-electron chi connectivity index (χ1n) is 6.99. The summed E-state index contributed by atoms with van der Waals surface area (Å²) >= 11 is 0. The highest BCUT2D eigenvalue weighted by Gasteiger charge is 2.21. The van der Waals surface area contributed by atoms with E-state index in [-0.39, 0.29) is 23.8 Å². The molecule has 4 heteroatoms. The summed E-state index contributed by atoms with van der Waals surface area (Å²) in [4.78, 5) is 14.1. The van der Waals surface area contributed by atoms with E-state index in [4.69, 9.17) is 0 Å². The van der Waals surface area contributed by atoms with Gasteiger partial charge in [-0.05, 0) is 35.7 Å². The summed E-state index contributed by atoms with van der Waals surface area (Å²) in [5, 5.41) is 19.3. The average molecular weight is 283 g/mol. The fourth-order valence-corrected chi connectivity index (χ4v) is 2.69. The van der Waals surface area contributed by atoms with E-state index in [1.54, 1.807) is 35.2 Å². The largest absolute Gasteiger partial charge is 0.508 e. The third kappa shape index (κ3) is 2.84.